The average molecular weight is 527 g/mol. The Bertz CT molecular complexity index is 1050. The molecule has 2 aliphatic heterocycles. The summed E-state index contributed by atoms with van der Waals surface area (Å²) in [5.41, 5.74) is 0.900. The summed E-state index contributed by atoms with van der Waals surface area (Å²) in [6, 6.07) is 8.01. The van der Waals surface area contributed by atoms with Gasteiger partial charge in [-0.15, -0.1) is 0 Å². The molecule has 1 aromatic rings. The molecule has 1 saturated carbocycles. The molecule has 0 spiro atoms. The lowest BCUT2D eigenvalue weighted by Gasteiger charge is -2.26. The fraction of sp³-hybridized carbons (Fsp3) is 0.571. The number of ether oxygens (including phenoxy) is 1. The third kappa shape index (κ3) is 7.26. The summed E-state index contributed by atoms with van der Waals surface area (Å²) in [5, 5.41) is 15.9. The number of carbonyl (C=O) groups excluding carboxylic acids is 3. The zero-order chi connectivity index (χ0) is 26.2. The van der Waals surface area contributed by atoms with Crippen molar-refractivity contribution in [3.63, 3.8) is 0 Å². The highest BCUT2D eigenvalue weighted by Gasteiger charge is 2.44. The van der Waals surface area contributed by atoms with Crippen LogP contribution < -0.4 is 10.6 Å². The average Bonchev–Trinajstić information content (AvgIpc) is 3.58. The van der Waals surface area contributed by atoms with Gasteiger partial charge in [0.25, 0.3) is 0 Å². The number of likely N-dealkylation sites (tertiary alicyclic amines) is 1. The molecule has 3 fully saturated rings. The van der Waals surface area contributed by atoms with Crippen molar-refractivity contribution in [2.24, 2.45) is 17.8 Å². The molecule has 0 bridgehead atoms. The van der Waals surface area contributed by atoms with Crippen molar-refractivity contribution in [2.45, 2.75) is 63.5 Å². The van der Waals surface area contributed by atoms with Gasteiger partial charge in [0, 0.05) is 24.0 Å². The first-order valence-electron chi connectivity index (χ1n) is 13.3. The lowest BCUT2D eigenvalue weighted by atomic mass is 9.88. The molecule has 3 aliphatic rings. The molecule has 2 saturated heterocycles. The van der Waals surface area contributed by atoms with Crippen molar-refractivity contribution >= 4 is 35.6 Å². The van der Waals surface area contributed by atoms with Gasteiger partial charge >= 0.3 is 6.09 Å². The van der Waals surface area contributed by atoms with Crippen LogP contribution in [0.1, 0.15) is 56.9 Å². The molecule has 2 unspecified atom stereocenters. The first-order chi connectivity index (χ1) is 17.9. The predicted molar refractivity (Wildman–Crippen MR) is 140 cm³/mol. The maximum Gasteiger partial charge on any atom is 0.410 e. The quantitative estimate of drug-likeness (QED) is 0.524. The molecule has 2 N–H and O–H groups in total. The summed E-state index contributed by atoms with van der Waals surface area (Å²) in [6.07, 6.45) is 10.0. The van der Waals surface area contributed by atoms with E-state index in [1.54, 1.807) is 12.1 Å². The Morgan fingerprint density at radius 3 is 2.78 bits per heavy atom. The Labute approximate surface area is 223 Å². The number of hydrogen-bond donors (Lipinski definition) is 2. The summed E-state index contributed by atoms with van der Waals surface area (Å²) < 4.78 is 5.51. The van der Waals surface area contributed by atoms with Crippen molar-refractivity contribution in [1.29, 1.82) is 5.26 Å². The number of rotatable bonds is 8. The second-order valence-corrected chi connectivity index (χ2v) is 10.7. The molecule has 2 heterocycles. The number of nitrogens with one attached hydrogen (secondary N) is 2. The van der Waals surface area contributed by atoms with Crippen LogP contribution >= 0.6 is 11.6 Å². The molecule has 1 aromatic carbocycles. The van der Waals surface area contributed by atoms with E-state index in [9.17, 15) is 19.6 Å². The van der Waals surface area contributed by atoms with Crippen molar-refractivity contribution < 1.29 is 19.1 Å². The van der Waals surface area contributed by atoms with Crippen molar-refractivity contribution in [3.8, 4) is 6.07 Å². The number of carbonyl (C=O) groups is 3. The SMILES string of the molecule is N#C[C@H](C[C@@H]1CCCNC1=O)NC(=O)C1CC(C2CCCC2)CN1C(=O)OC/C=C/c1cccc(Cl)c1. The summed E-state index contributed by atoms with van der Waals surface area (Å²) in [7, 11) is 0. The monoisotopic (exact) mass is 526 g/mol. The second-order valence-electron chi connectivity index (χ2n) is 10.3. The highest BCUT2D eigenvalue weighted by atomic mass is 35.5. The van der Waals surface area contributed by atoms with Crippen molar-refractivity contribution in [1.82, 2.24) is 15.5 Å². The smallest absolute Gasteiger partial charge is 0.410 e. The Hall–Kier alpha value is -3.05. The van der Waals surface area contributed by atoms with Gasteiger partial charge in [0.2, 0.25) is 11.8 Å². The van der Waals surface area contributed by atoms with Gasteiger partial charge in [0.05, 0.1) is 6.07 Å². The van der Waals surface area contributed by atoms with E-state index in [1.807, 2.05) is 24.3 Å². The number of hydrogen-bond acceptors (Lipinski definition) is 5. The molecular formula is C28H35ClN4O4. The summed E-state index contributed by atoms with van der Waals surface area (Å²) >= 11 is 6.01. The van der Waals surface area contributed by atoms with Crippen LogP contribution in [0.25, 0.3) is 6.08 Å². The molecule has 37 heavy (non-hydrogen) atoms. The van der Waals surface area contributed by atoms with Crippen LogP contribution in [-0.2, 0) is 14.3 Å². The number of piperidine rings is 1. The van der Waals surface area contributed by atoms with Gasteiger partial charge in [-0.05, 0) is 61.3 Å². The Balaban J connectivity index is 1.37. The third-order valence-electron chi connectivity index (χ3n) is 7.79. The first kappa shape index (κ1) is 27.0. The molecule has 4 rings (SSSR count). The lowest BCUT2D eigenvalue weighted by molar-refractivity contribution is -0.128. The van der Waals surface area contributed by atoms with E-state index < -0.39 is 18.2 Å². The molecule has 9 heteroatoms. The van der Waals surface area contributed by atoms with E-state index in [4.69, 9.17) is 16.3 Å². The fourth-order valence-electron chi connectivity index (χ4n) is 5.84. The van der Waals surface area contributed by atoms with Crippen LogP contribution in [0.3, 0.4) is 0 Å². The lowest BCUT2D eigenvalue weighted by Crippen LogP contribution is -2.49. The van der Waals surface area contributed by atoms with Gasteiger partial charge < -0.3 is 15.4 Å². The third-order valence-corrected chi connectivity index (χ3v) is 8.03. The predicted octanol–water partition coefficient (Wildman–Crippen LogP) is 4.30. The molecule has 8 nitrogen and oxygen atoms in total. The standard InChI is InChI=1S/C28H35ClN4O4/c29-23-11-3-6-19(14-23)7-5-13-37-28(36)33-18-22(20-8-1-2-9-20)16-25(33)27(35)32-24(17-30)15-21-10-4-12-31-26(21)34/h3,5-7,11,14,20-22,24-25H,1-2,4,8-10,12-13,15-16,18H2,(H,31,34)(H,32,35)/b7-5+/t21-,22?,24-,25?/m0/s1. The molecule has 3 amide bonds. The molecule has 0 aromatic heterocycles. The maximum absolute atomic E-state index is 13.3. The van der Waals surface area contributed by atoms with E-state index in [0.717, 1.165) is 24.8 Å². The molecule has 198 valence electrons. The van der Waals surface area contributed by atoms with Gasteiger partial charge in [-0.25, -0.2) is 4.79 Å². The number of benzene rings is 1. The zero-order valence-corrected chi connectivity index (χ0v) is 21.8. The Morgan fingerprint density at radius 1 is 1.24 bits per heavy atom. The van der Waals surface area contributed by atoms with Crippen LogP contribution in [0.5, 0.6) is 0 Å². The maximum atomic E-state index is 13.3. The van der Waals surface area contributed by atoms with Gasteiger partial charge in [-0.3, -0.25) is 14.5 Å². The number of halogens is 1. The van der Waals surface area contributed by atoms with Gasteiger partial charge in [-0.2, -0.15) is 5.26 Å². The topological polar surface area (TPSA) is 112 Å². The van der Waals surface area contributed by atoms with Crippen LogP contribution in [-0.4, -0.2) is 54.6 Å². The van der Waals surface area contributed by atoms with E-state index in [0.29, 0.717) is 36.9 Å². The minimum absolute atomic E-state index is 0.0704. The van der Waals surface area contributed by atoms with Crippen molar-refractivity contribution in [2.75, 3.05) is 19.7 Å². The number of amides is 3. The largest absolute Gasteiger partial charge is 0.445 e. The zero-order valence-electron chi connectivity index (χ0n) is 21.0. The van der Waals surface area contributed by atoms with E-state index >= 15 is 0 Å². The normalized spacial score (nSPS) is 25.0. The number of nitrogens with zero attached hydrogens (tertiary/aromatic N) is 2. The van der Waals surface area contributed by atoms with Crippen molar-refractivity contribution in [3.05, 3.63) is 40.9 Å². The molecule has 1 aliphatic carbocycles. The number of nitriles is 1. The van der Waals surface area contributed by atoms with Crippen LogP contribution in [0, 0.1) is 29.1 Å². The molecule has 0 radical (unpaired) electrons. The van der Waals surface area contributed by atoms with Gasteiger partial charge in [-0.1, -0.05) is 55.5 Å². The summed E-state index contributed by atoms with van der Waals surface area (Å²) in [5.74, 6) is 0.0143. The summed E-state index contributed by atoms with van der Waals surface area (Å²) in [4.78, 5) is 40.0. The first-order valence-corrected chi connectivity index (χ1v) is 13.7. The van der Waals surface area contributed by atoms with E-state index in [2.05, 4.69) is 16.7 Å². The van der Waals surface area contributed by atoms with Crippen LogP contribution in [0.15, 0.2) is 30.3 Å². The summed E-state index contributed by atoms with van der Waals surface area (Å²) in [6.45, 7) is 1.19. The van der Waals surface area contributed by atoms with Crippen LogP contribution in [0.2, 0.25) is 5.02 Å². The minimum atomic E-state index is -0.787. The highest BCUT2D eigenvalue weighted by molar-refractivity contribution is 6.30. The van der Waals surface area contributed by atoms with E-state index in [1.165, 1.54) is 17.7 Å². The van der Waals surface area contributed by atoms with Gasteiger partial charge in [0.1, 0.15) is 18.7 Å². The van der Waals surface area contributed by atoms with Gasteiger partial charge in [0.15, 0.2) is 0 Å². The van der Waals surface area contributed by atoms with E-state index in [-0.39, 0.29) is 36.7 Å². The Morgan fingerprint density at radius 2 is 2.05 bits per heavy atom. The molecule has 4 atom stereocenters. The second kappa shape index (κ2) is 13.0. The molecular weight excluding hydrogens is 492 g/mol. The highest BCUT2D eigenvalue weighted by Crippen LogP contribution is 2.39. The Kier molecular flexibility index (Phi) is 9.45. The minimum Gasteiger partial charge on any atom is -0.445 e. The van der Waals surface area contributed by atoms with Crippen LogP contribution in [0.4, 0.5) is 4.79 Å². The fourth-order valence-corrected chi connectivity index (χ4v) is 6.04.